The third-order valence-electron chi connectivity index (χ3n) is 3.89. The Morgan fingerprint density at radius 3 is 2.25 bits per heavy atom. The Hall–Kier alpha value is -2.09. The van der Waals surface area contributed by atoms with Crippen LogP contribution in [-0.2, 0) is 4.79 Å². The van der Waals surface area contributed by atoms with Crippen LogP contribution in [0.25, 0.3) is 11.1 Å². The van der Waals surface area contributed by atoms with Crippen molar-refractivity contribution in [2.45, 2.75) is 31.7 Å². The van der Waals surface area contributed by atoms with E-state index in [0.29, 0.717) is 5.78 Å². The molecule has 1 aliphatic rings. The highest BCUT2D eigenvalue weighted by Crippen LogP contribution is 2.23. The molecule has 1 N–H and O–H groups in total. The van der Waals surface area contributed by atoms with Gasteiger partial charge in [0.25, 0.3) is 0 Å². The Balaban J connectivity index is 1.72. The van der Waals surface area contributed by atoms with Gasteiger partial charge in [-0.2, -0.15) is 0 Å². The van der Waals surface area contributed by atoms with Crippen molar-refractivity contribution in [3.05, 3.63) is 54.6 Å². The molecule has 2 nitrogen and oxygen atoms in total. The second-order valence-corrected chi connectivity index (χ2v) is 5.35. The number of carbonyl (C=O) groups is 1. The lowest BCUT2D eigenvalue weighted by Crippen LogP contribution is -2.32. The van der Waals surface area contributed by atoms with Crippen molar-refractivity contribution in [1.29, 1.82) is 0 Å². The standard InChI is InChI=1S/C18H19NO/c20-18-9-5-4-8-17(18)19-16-12-10-15(11-13-16)14-6-2-1-3-7-14/h1-3,6-7,10-13,17,19H,4-5,8-9H2. The van der Waals surface area contributed by atoms with Crippen molar-refractivity contribution in [3.63, 3.8) is 0 Å². The molecule has 0 bridgehead atoms. The van der Waals surface area contributed by atoms with Crippen LogP contribution in [-0.4, -0.2) is 11.8 Å². The number of hydrogen-bond acceptors (Lipinski definition) is 2. The summed E-state index contributed by atoms with van der Waals surface area (Å²) in [4.78, 5) is 11.8. The van der Waals surface area contributed by atoms with Gasteiger partial charge >= 0.3 is 0 Å². The maximum Gasteiger partial charge on any atom is 0.155 e. The monoisotopic (exact) mass is 265 g/mol. The largest absolute Gasteiger partial charge is 0.375 e. The molecule has 0 aromatic heterocycles. The van der Waals surface area contributed by atoms with Crippen LogP contribution in [0.1, 0.15) is 25.7 Å². The zero-order valence-electron chi connectivity index (χ0n) is 11.5. The molecule has 1 aliphatic carbocycles. The normalized spacial score (nSPS) is 18.8. The summed E-state index contributed by atoms with van der Waals surface area (Å²) < 4.78 is 0. The van der Waals surface area contributed by atoms with E-state index < -0.39 is 0 Å². The third-order valence-corrected chi connectivity index (χ3v) is 3.89. The second-order valence-electron chi connectivity index (χ2n) is 5.35. The van der Waals surface area contributed by atoms with Crippen LogP contribution in [0.5, 0.6) is 0 Å². The molecule has 2 aromatic carbocycles. The fourth-order valence-corrected chi connectivity index (χ4v) is 2.73. The minimum atomic E-state index is 0.00586. The molecule has 0 spiro atoms. The molecule has 102 valence electrons. The predicted molar refractivity (Wildman–Crippen MR) is 82.8 cm³/mol. The van der Waals surface area contributed by atoms with E-state index in [1.165, 1.54) is 11.1 Å². The smallest absolute Gasteiger partial charge is 0.155 e. The van der Waals surface area contributed by atoms with Gasteiger partial charge in [-0.1, -0.05) is 48.9 Å². The highest BCUT2D eigenvalue weighted by Gasteiger charge is 2.21. The molecule has 1 unspecified atom stereocenters. The topological polar surface area (TPSA) is 29.1 Å². The zero-order valence-corrected chi connectivity index (χ0v) is 11.5. The molecule has 0 saturated heterocycles. The van der Waals surface area contributed by atoms with Gasteiger partial charge < -0.3 is 5.32 Å². The van der Waals surface area contributed by atoms with Crippen molar-refractivity contribution in [1.82, 2.24) is 0 Å². The Bertz CT molecular complexity index is 574. The number of anilines is 1. The molecule has 1 saturated carbocycles. The van der Waals surface area contributed by atoms with Crippen LogP contribution in [0, 0.1) is 0 Å². The van der Waals surface area contributed by atoms with Crippen molar-refractivity contribution in [3.8, 4) is 11.1 Å². The summed E-state index contributed by atoms with van der Waals surface area (Å²) in [5.41, 5.74) is 3.45. The highest BCUT2D eigenvalue weighted by molar-refractivity contribution is 5.87. The lowest BCUT2D eigenvalue weighted by Gasteiger charge is -2.22. The van der Waals surface area contributed by atoms with Crippen LogP contribution in [0.2, 0.25) is 0 Å². The lowest BCUT2D eigenvalue weighted by molar-refractivity contribution is -0.121. The van der Waals surface area contributed by atoms with E-state index >= 15 is 0 Å². The molecule has 1 fully saturated rings. The maximum absolute atomic E-state index is 11.8. The van der Waals surface area contributed by atoms with E-state index in [1.54, 1.807) is 0 Å². The molecule has 3 rings (SSSR count). The van der Waals surface area contributed by atoms with Gasteiger partial charge in [-0.05, 0) is 36.1 Å². The fraction of sp³-hybridized carbons (Fsp3) is 0.278. The van der Waals surface area contributed by atoms with E-state index in [1.807, 2.05) is 18.2 Å². The summed E-state index contributed by atoms with van der Waals surface area (Å²) in [5.74, 6) is 0.350. The summed E-state index contributed by atoms with van der Waals surface area (Å²) in [7, 11) is 0. The molecule has 0 amide bonds. The van der Waals surface area contributed by atoms with Crippen molar-refractivity contribution in [2.75, 3.05) is 5.32 Å². The number of carbonyl (C=O) groups excluding carboxylic acids is 1. The molecule has 0 radical (unpaired) electrons. The minimum absolute atomic E-state index is 0.00586. The van der Waals surface area contributed by atoms with E-state index in [2.05, 4.69) is 41.7 Å². The van der Waals surface area contributed by atoms with Crippen LogP contribution in [0.3, 0.4) is 0 Å². The predicted octanol–water partition coefficient (Wildman–Crippen LogP) is 4.28. The third kappa shape index (κ3) is 2.90. The Kier molecular flexibility index (Phi) is 3.82. The van der Waals surface area contributed by atoms with Gasteiger partial charge in [0.05, 0.1) is 6.04 Å². The van der Waals surface area contributed by atoms with Crippen molar-refractivity contribution < 1.29 is 4.79 Å². The molecule has 20 heavy (non-hydrogen) atoms. The summed E-state index contributed by atoms with van der Waals surface area (Å²) >= 11 is 0. The first-order valence-corrected chi connectivity index (χ1v) is 7.28. The van der Waals surface area contributed by atoms with Gasteiger partial charge in [-0.15, -0.1) is 0 Å². The maximum atomic E-state index is 11.8. The summed E-state index contributed by atoms with van der Waals surface area (Å²) in [6.45, 7) is 0. The Morgan fingerprint density at radius 1 is 0.850 bits per heavy atom. The first-order chi connectivity index (χ1) is 9.83. The first kappa shape index (κ1) is 12.9. The van der Waals surface area contributed by atoms with Crippen molar-refractivity contribution >= 4 is 11.5 Å². The van der Waals surface area contributed by atoms with Gasteiger partial charge in [0.15, 0.2) is 5.78 Å². The van der Waals surface area contributed by atoms with Gasteiger partial charge in [0, 0.05) is 12.1 Å². The highest BCUT2D eigenvalue weighted by atomic mass is 16.1. The number of Topliss-reactive ketones (excluding diaryl/α,β-unsaturated/α-hetero) is 1. The number of nitrogens with one attached hydrogen (secondary N) is 1. The number of hydrogen-bond donors (Lipinski definition) is 1. The fourth-order valence-electron chi connectivity index (χ4n) is 2.73. The first-order valence-electron chi connectivity index (χ1n) is 7.28. The van der Waals surface area contributed by atoms with Gasteiger partial charge in [-0.25, -0.2) is 0 Å². The number of rotatable bonds is 3. The Labute approximate surface area is 119 Å². The molecular formula is C18H19NO. The SMILES string of the molecule is O=C1CCCCC1Nc1ccc(-c2ccccc2)cc1. The summed E-state index contributed by atoms with van der Waals surface area (Å²) in [6.07, 6.45) is 3.87. The van der Waals surface area contributed by atoms with Gasteiger partial charge in [0.2, 0.25) is 0 Å². The van der Waals surface area contributed by atoms with Crippen LogP contribution < -0.4 is 5.32 Å². The summed E-state index contributed by atoms with van der Waals surface area (Å²) in [5, 5.41) is 3.36. The van der Waals surface area contributed by atoms with Crippen LogP contribution in [0.4, 0.5) is 5.69 Å². The van der Waals surface area contributed by atoms with Gasteiger partial charge in [0.1, 0.15) is 0 Å². The molecular weight excluding hydrogens is 246 g/mol. The Morgan fingerprint density at radius 2 is 1.55 bits per heavy atom. The molecule has 1 atom stereocenters. The lowest BCUT2D eigenvalue weighted by atomic mass is 9.94. The molecule has 0 heterocycles. The molecule has 2 aromatic rings. The van der Waals surface area contributed by atoms with E-state index in [4.69, 9.17) is 0 Å². The number of benzene rings is 2. The van der Waals surface area contributed by atoms with Crippen LogP contribution >= 0.6 is 0 Å². The zero-order chi connectivity index (χ0) is 13.8. The number of ketones is 1. The van der Waals surface area contributed by atoms with E-state index in [0.717, 1.165) is 31.4 Å². The second kappa shape index (κ2) is 5.91. The average Bonchev–Trinajstić information content (AvgIpc) is 2.51. The quantitative estimate of drug-likeness (QED) is 0.897. The molecule has 2 heteroatoms. The molecule has 0 aliphatic heterocycles. The van der Waals surface area contributed by atoms with E-state index in [-0.39, 0.29) is 6.04 Å². The van der Waals surface area contributed by atoms with Gasteiger partial charge in [-0.3, -0.25) is 4.79 Å². The minimum Gasteiger partial charge on any atom is -0.375 e. The van der Waals surface area contributed by atoms with Crippen molar-refractivity contribution in [2.24, 2.45) is 0 Å². The van der Waals surface area contributed by atoms with E-state index in [9.17, 15) is 4.79 Å². The summed E-state index contributed by atoms with van der Waals surface area (Å²) in [6, 6.07) is 18.6. The van der Waals surface area contributed by atoms with Crippen LogP contribution in [0.15, 0.2) is 54.6 Å². The average molecular weight is 265 g/mol.